The van der Waals surface area contributed by atoms with Crippen LogP contribution >= 0.6 is 0 Å². The van der Waals surface area contributed by atoms with Crippen LogP contribution in [0.2, 0.25) is 0 Å². The third kappa shape index (κ3) is 1.22. The Bertz CT molecular complexity index is 1010. The molecule has 0 spiro atoms. The molecule has 1 aliphatic heterocycles. The number of ether oxygens (including phenoxy) is 1. The number of aryl methyl sites for hydroxylation is 1. The largest absolute Gasteiger partial charge is 0.364 e. The molecule has 1 saturated heterocycles. The molecule has 0 N–H and O–H groups in total. The van der Waals surface area contributed by atoms with E-state index in [0.29, 0.717) is 12.2 Å². The van der Waals surface area contributed by atoms with Gasteiger partial charge >= 0.3 is 0 Å². The maximum atomic E-state index is 5.83. The summed E-state index contributed by atoms with van der Waals surface area (Å²) >= 11 is 0. The maximum absolute atomic E-state index is 5.83. The van der Waals surface area contributed by atoms with Gasteiger partial charge in [0.15, 0.2) is 0 Å². The number of fused-ring (bicyclic) bond motifs is 4. The van der Waals surface area contributed by atoms with Crippen molar-refractivity contribution < 1.29 is 4.74 Å². The fourth-order valence-corrected chi connectivity index (χ4v) is 4.35. The van der Waals surface area contributed by atoms with Crippen LogP contribution < -0.4 is 0 Å². The maximum Gasteiger partial charge on any atom is 0.109 e. The number of hydrogen-bond donors (Lipinski definition) is 0. The minimum atomic E-state index is 0.371. The highest BCUT2D eigenvalue weighted by Gasteiger charge is 2.44. The Morgan fingerprint density at radius 1 is 0.857 bits per heavy atom. The van der Waals surface area contributed by atoms with Crippen molar-refractivity contribution in [3.63, 3.8) is 0 Å². The highest BCUT2D eigenvalue weighted by atomic mass is 16.6. The second kappa shape index (κ2) is 3.37. The zero-order valence-corrected chi connectivity index (χ0v) is 11.6. The van der Waals surface area contributed by atoms with Crippen molar-refractivity contribution in [1.82, 2.24) is 0 Å². The summed E-state index contributed by atoms with van der Waals surface area (Å²) in [4.78, 5) is 0. The van der Waals surface area contributed by atoms with Gasteiger partial charge in [0.25, 0.3) is 0 Å². The molecule has 0 amide bonds. The lowest BCUT2D eigenvalue weighted by Crippen LogP contribution is -2.05. The molecule has 0 aromatic heterocycles. The summed E-state index contributed by atoms with van der Waals surface area (Å²) in [5.41, 5.74) is 2.97. The van der Waals surface area contributed by atoms with E-state index >= 15 is 0 Å². The van der Waals surface area contributed by atoms with Crippen LogP contribution in [0.15, 0.2) is 48.5 Å². The van der Waals surface area contributed by atoms with Crippen molar-refractivity contribution >= 4 is 32.3 Å². The van der Waals surface area contributed by atoms with Gasteiger partial charge in [0.05, 0.1) is 6.10 Å². The van der Waals surface area contributed by atoms with Crippen LogP contribution in [0.4, 0.5) is 0 Å². The van der Waals surface area contributed by atoms with Crippen molar-refractivity contribution in [2.75, 3.05) is 0 Å². The molecule has 2 atom stereocenters. The van der Waals surface area contributed by atoms with E-state index in [9.17, 15) is 0 Å². The van der Waals surface area contributed by atoms with Gasteiger partial charge in [-0.1, -0.05) is 42.5 Å². The highest BCUT2D eigenvalue weighted by Crippen LogP contribution is 2.50. The molecule has 100 valence electrons. The smallest absolute Gasteiger partial charge is 0.109 e. The number of epoxide rings is 1. The fourth-order valence-electron chi connectivity index (χ4n) is 4.35. The monoisotopic (exact) mass is 270 g/mol. The molecule has 2 unspecified atom stereocenters. The van der Waals surface area contributed by atoms with Crippen molar-refractivity contribution in [3.05, 3.63) is 59.7 Å². The predicted octanol–water partition coefficient (Wildman–Crippen LogP) is 4.97. The van der Waals surface area contributed by atoms with Gasteiger partial charge in [-0.25, -0.2) is 0 Å². The van der Waals surface area contributed by atoms with E-state index in [0.717, 1.165) is 6.42 Å². The molecule has 4 aromatic carbocycles. The average Bonchev–Trinajstić information content (AvgIpc) is 3.32. The first-order chi connectivity index (χ1) is 10.4. The number of benzene rings is 4. The van der Waals surface area contributed by atoms with Crippen LogP contribution in [0.25, 0.3) is 32.3 Å². The van der Waals surface area contributed by atoms with Gasteiger partial charge < -0.3 is 4.74 Å². The van der Waals surface area contributed by atoms with E-state index in [-0.39, 0.29) is 0 Å². The van der Waals surface area contributed by atoms with Crippen molar-refractivity contribution in [2.24, 2.45) is 0 Å². The Kier molecular flexibility index (Phi) is 1.70. The van der Waals surface area contributed by atoms with Crippen molar-refractivity contribution in [1.29, 1.82) is 0 Å². The molecular formula is C20H14O. The molecule has 1 nitrogen and oxygen atoms in total. The molecule has 0 saturated carbocycles. The average molecular weight is 270 g/mol. The molecular weight excluding hydrogens is 256 g/mol. The summed E-state index contributed by atoms with van der Waals surface area (Å²) in [7, 11) is 0. The Labute approximate surface area is 122 Å². The molecule has 1 heteroatoms. The minimum Gasteiger partial charge on any atom is -0.364 e. The van der Waals surface area contributed by atoms with Gasteiger partial charge in [-0.2, -0.15) is 0 Å². The van der Waals surface area contributed by atoms with Crippen LogP contribution in [0.1, 0.15) is 23.7 Å². The summed E-state index contributed by atoms with van der Waals surface area (Å²) in [5, 5.41) is 8.38. The highest BCUT2D eigenvalue weighted by molar-refractivity contribution is 6.23. The summed E-state index contributed by atoms with van der Waals surface area (Å²) in [5.74, 6) is 0. The molecule has 4 aromatic rings. The van der Waals surface area contributed by atoms with E-state index in [1.807, 2.05) is 0 Å². The molecule has 21 heavy (non-hydrogen) atoms. The zero-order valence-electron chi connectivity index (χ0n) is 11.6. The van der Waals surface area contributed by atoms with Gasteiger partial charge in [-0.15, -0.1) is 0 Å². The van der Waals surface area contributed by atoms with Crippen LogP contribution in [-0.4, -0.2) is 6.10 Å². The van der Waals surface area contributed by atoms with Gasteiger partial charge in [0.2, 0.25) is 0 Å². The van der Waals surface area contributed by atoms with Gasteiger partial charge in [-0.3, -0.25) is 0 Å². The summed E-state index contributed by atoms with van der Waals surface area (Å²) in [6.45, 7) is 0. The molecule has 2 aliphatic rings. The number of hydrogen-bond acceptors (Lipinski definition) is 1. The van der Waals surface area contributed by atoms with E-state index in [1.54, 1.807) is 0 Å². The Morgan fingerprint density at radius 3 is 2.57 bits per heavy atom. The fraction of sp³-hybridized carbons (Fsp3) is 0.200. The van der Waals surface area contributed by atoms with Crippen LogP contribution in [0, 0.1) is 0 Å². The summed E-state index contributed by atoms with van der Waals surface area (Å²) < 4.78 is 5.83. The van der Waals surface area contributed by atoms with E-state index < -0.39 is 0 Å². The first kappa shape index (κ1) is 10.6. The Hall–Kier alpha value is -2.12. The first-order valence-corrected chi connectivity index (χ1v) is 7.75. The predicted molar refractivity (Wildman–Crippen MR) is 86.1 cm³/mol. The molecule has 6 rings (SSSR count). The minimum absolute atomic E-state index is 0.371. The Balaban J connectivity index is 1.90. The lowest BCUT2D eigenvalue weighted by atomic mass is 9.84. The lowest BCUT2D eigenvalue weighted by molar-refractivity contribution is 0.373. The van der Waals surface area contributed by atoms with Crippen molar-refractivity contribution in [2.45, 2.75) is 25.0 Å². The zero-order chi connectivity index (χ0) is 13.6. The topological polar surface area (TPSA) is 12.5 Å². The first-order valence-electron chi connectivity index (χ1n) is 7.75. The lowest BCUT2D eigenvalue weighted by Gasteiger charge is -2.19. The third-order valence-electron chi connectivity index (χ3n) is 5.36. The van der Waals surface area contributed by atoms with Gasteiger partial charge in [0.1, 0.15) is 6.10 Å². The molecule has 1 heterocycles. The second-order valence-corrected chi connectivity index (χ2v) is 6.43. The molecule has 1 fully saturated rings. The SMILES string of the molecule is c1cc2ccc3cc4c(c5ccc(c1)c2c35)CCC1OC41. The second-order valence-electron chi connectivity index (χ2n) is 6.43. The molecule has 1 aliphatic carbocycles. The van der Waals surface area contributed by atoms with Gasteiger partial charge in [0, 0.05) is 0 Å². The van der Waals surface area contributed by atoms with Crippen LogP contribution in [-0.2, 0) is 11.2 Å². The van der Waals surface area contributed by atoms with Crippen LogP contribution in [0.5, 0.6) is 0 Å². The number of rotatable bonds is 0. The van der Waals surface area contributed by atoms with E-state index in [4.69, 9.17) is 4.74 Å². The molecule has 0 radical (unpaired) electrons. The third-order valence-corrected chi connectivity index (χ3v) is 5.36. The van der Waals surface area contributed by atoms with Crippen LogP contribution in [0.3, 0.4) is 0 Å². The van der Waals surface area contributed by atoms with Crippen molar-refractivity contribution in [3.8, 4) is 0 Å². The summed E-state index contributed by atoms with van der Waals surface area (Å²) in [6.07, 6.45) is 3.20. The summed E-state index contributed by atoms with van der Waals surface area (Å²) in [6, 6.07) is 18.1. The quantitative estimate of drug-likeness (QED) is 0.324. The standard InChI is InChI=1S/C20H14O/c1-2-11-4-5-13-10-16-14(8-9-17-20(16)21-17)15-7-6-12(3-1)18(11)19(13)15/h1-7,10,17,20H,8-9H2. The normalized spacial score (nSPS) is 23.6. The molecule has 0 bridgehead atoms. The Morgan fingerprint density at radius 2 is 1.67 bits per heavy atom. The van der Waals surface area contributed by atoms with Gasteiger partial charge in [-0.05, 0) is 62.4 Å². The van der Waals surface area contributed by atoms with E-state index in [2.05, 4.69) is 48.5 Å². The van der Waals surface area contributed by atoms with E-state index in [1.165, 1.54) is 49.9 Å².